The second-order valence-electron chi connectivity index (χ2n) is 4.62. The first-order valence-corrected chi connectivity index (χ1v) is 6.10. The van der Waals surface area contributed by atoms with Crippen molar-refractivity contribution in [2.45, 2.75) is 19.0 Å². The summed E-state index contributed by atoms with van der Waals surface area (Å²) < 4.78 is 0. The third kappa shape index (κ3) is 2.67. The number of nitrogens with zero attached hydrogens (tertiary/aromatic N) is 3. The fourth-order valence-corrected chi connectivity index (χ4v) is 2.12. The standard InChI is InChI=1S/C13H17N5O/c1-13(11-7-4-3-5-8-11)15-17(2)12(19)18(16-13)10-6-9-14/h3-5,7-8,15-16H,6,10H2,1-2H3. The average molecular weight is 259 g/mol. The van der Waals surface area contributed by atoms with Crippen LogP contribution in [-0.4, -0.2) is 29.6 Å². The Bertz CT molecular complexity index is 498. The van der Waals surface area contributed by atoms with Gasteiger partial charge in [-0.1, -0.05) is 30.3 Å². The summed E-state index contributed by atoms with van der Waals surface area (Å²) in [6.07, 6.45) is 0.289. The van der Waals surface area contributed by atoms with Gasteiger partial charge in [0.05, 0.1) is 19.0 Å². The highest BCUT2D eigenvalue weighted by molar-refractivity contribution is 5.74. The van der Waals surface area contributed by atoms with Crippen LogP contribution in [0.3, 0.4) is 0 Å². The topological polar surface area (TPSA) is 71.4 Å². The van der Waals surface area contributed by atoms with Gasteiger partial charge in [0.1, 0.15) is 5.66 Å². The Morgan fingerprint density at radius 3 is 2.63 bits per heavy atom. The molecule has 6 nitrogen and oxygen atoms in total. The van der Waals surface area contributed by atoms with Crippen molar-refractivity contribution in [3.8, 4) is 6.07 Å². The molecular weight excluding hydrogens is 242 g/mol. The lowest BCUT2D eigenvalue weighted by atomic mass is 10.0. The summed E-state index contributed by atoms with van der Waals surface area (Å²) in [6.45, 7) is 2.30. The number of rotatable bonds is 3. The van der Waals surface area contributed by atoms with Crippen LogP contribution >= 0.6 is 0 Å². The van der Waals surface area contributed by atoms with Gasteiger partial charge in [0.2, 0.25) is 0 Å². The van der Waals surface area contributed by atoms with E-state index in [-0.39, 0.29) is 12.5 Å². The van der Waals surface area contributed by atoms with Crippen molar-refractivity contribution >= 4 is 6.03 Å². The molecular formula is C13H17N5O. The van der Waals surface area contributed by atoms with Crippen LogP contribution in [0.4, 0.5) is 4.79 Å². The predicted molar refractivity (Wildman–Crippen MR) is 70.2 cm³/mol. The minimum Gasteiger partial charge on any atom is -0.260 e. The second kappa shape index (κ2) is 5.26. The number of carbonyl (C=O) groups excluding carboxylic acids is 1. The highest BCUT2D eigenvalue weighted by atomic mass is 16.2. The number of hydrogen-bond donors (Lipinski definition) is 2. The van der Waals surface area contributed by atoms with E-state index in [4.69, 9.17) is 5.26 Å². The molecule has 1 saturated heterocycles. The Morgan fingerprint density at radius 1 is 1.32 bits per heavy atom. The van der Waals surface area contributed by atoms with Crippen molar-refractivity contribution in [1.29, 1.82) is 5.26 Å². The Morgan fingerprint density at radius 2 is 2.00 bits per heavy atom. The number of nitrogens with one attached hydrogen (secondary N) is 2. The minimum atomic E-state index is -0.584. The first kappa shape index (κ1) is 13.3. The molecule has 2 amide bonds. The number of benzene rings is 1. The molecule has 1 aromatic rings. The highest BCUT2D eigenvalue weighted by Gasteiger charge is 2.38. The van der Waals surface area contributed by atoms with E-state index in [1.807, 2.05) is 43.3 Å². The van der Waals surface area contributed by atoms with Crippen molar-refractivity contribution in [2.24, 2.45) is 0 Å². The van der Waals surface area contributed by atoms with Crippen LogP contribution in [0.1, 0.15) is 18.9 Å². The van der Waals surface area contributed by atoms with Crippen LogP contribution in [0.5, 0.6) is 0 Å². The molecule has 2 rings (SSSR count). The van der Waals surface area contributed by atoms with E-state index in [0.717, 1.165) is 5.56 Å². The van der Waals surface area contributed by atoms with Gasteiger partial charge in [-0.3, -0.25) is 10.0 Å². The van der Waals surface area contributed by atoms with Crippen molar-refractivity contribution in [2.75, 3.05) is 13.6 Å². The van der Waals surface area contributed by atoms with Crippen molar-refractivity contribution in [3.63, 3.8) is 0 Å². The lowest BCUT2D eigenvalue weighted by molar-refractivity contribution is -0.00287. The SMILES string of the molecule is CN1NC(C)(c2ccccc2)NN(CCC#N)C1=O. The fraction of sp³-hybridized carbons (Fsp3) is 0.385. The van der Waals surface area contributed by atoms with E-state index in [2.05, 4.69) is 10.9 Å². The van der Waals surface area contributed by atoms with Gasteiger partial charge in [-0.2, -0.15) is 5.26 Å². The third-order valence-corrected chi connectivity index (χ3v) is 3.07. The van der Waals surface area contributed by atoms with E-state index in [0.29, 0.717) is 6.54 Å². The molecule has 2 N–H and O–H groups in total. The van der Waals surface area contributed by atoms with Crippen LogP contribution in [0.25, 0.3) is 0 Å². The lowest BCUT2D eigenvalue weighted by Crippen LogP contribution is -2.72. The number of carbonyl (C=O) groups is 1. The van der Waals surface area contributed by atoms with Gasteiger partial charge >= 0.3 is 6.03 Å². The Balaban J connectivity index is 2.23. The van der Waals surface area contributed by atoms with E-state index >= 15 is 0 Å². The van der Waals surface area contributed by atoms with Crippen LogP contribution in [-0.2, 0) is 5.66 Å². The molecule has 0 bridgehead atoms. The summed E-state index contributed by atoms with van der Waals surface area (Å²) in [5.41, 5.74) is 6.68. The summed E-state index contributed by atoms with van der Waals surface area (Å²) in [5, 5.41) is 11.5. The molecule has 19 heavy (non-hydrogen) atoms. The minimum absolute atomic E-state index is 0.205. The molecule has 0 saturated carbocycles. The summed E-state index contributed by atoms with van der Waals surface area (Å²) in [6, 6.07) is 11.6. The first-order valence-electron chi connectivity index (χ1n) is 6.10. The molecule has 0 aromatic heterocycles. The number of amides is 2. The van der Waals surface area contributed by atoms with Crippen molar-refractivity contribution in [1.82, 2.24) is 20.9 Å². The summed E-state index contributed by atoms with van der Waals surface area (Å²) in [4.78, 5) is 12.0. The van der Waals surface area contributed by atoms with Crippen LogP contribution in [0, 0.1) is 11.3 Å². The van der Waals surface area contributed by atoms with Crippen LogP contribution in [0.15, 0.2) is 30.3 Å². The average Bonchev–Trinajstić information content (AvgIpc) is 2.42. The normalized spacial score (nSPS) is 23.3. The van der Waals surface area contributed by atoms with Crippen molar-refractivity contribution in [3.05, 3.63) is 35.9 Å². The van der Waals surface area contributed by atoms with E-state index in [1.165, 1.54) is 10.0 Å². The van der Waals surface area contributed by atoms with Gasteiger partial charge in [0.15, 0.2) is 0 Å². The molecule has 100 valence electrons. The monoisotopic (exact) mass is 259 g/mol. The Kier molecular flexibility index (Phi) is 3.69. The molecule has 1 aromatic carbocycles. The third-order valence-electron chi connectivity index (χ3n) is 3.07. The molecule has 0 aliphatic carbocycles. The quantitative estimate of drug-likeness (QED) is 0.854. The largest absolute Gasteiger partial charge is 0.348 e. The van der Waals surface area contributed by atoms with Gasteiger partial charge in [0, 0.05) is 7.05 Å². The van der Waals surface area contributed by atoms with E-state index in [9.17, 15) is 4.79 Å². The van der Waals surface area contributed by atoms with Crippen molar-refractivity contribution < 1.29 is 4.79 Å². The Labute approximate surface area is 112 Å². The van der Waals surface area contributed by atoms with Crippen LogP contribution in [0.2, 0.25) is 0 Å². The molecule has 0 radical (unpaired) electrons. The maximum absolute atomic E-state index is 12.0. The molecule has 1 atom stereocenters. The zero-order valence-electron chi connectivity index (χ0n) is 11.1. The molecule has 1 aliphatic rings. The second-order valence-corrected chi connectivity index (χ2v) is 4.62. The maximum Gasteiger partial charge on any atom is 0.348 e. The van der Waals surface area contributed by atoms with E-state index < -0.39 is 5.66 Å². The zero-order chi connectivity index (χ0) is 13.9. The van der Waals surface area contributed by atoms with Gasteiger partial charge < -0.3 is 0 Å². The van der Waals surface area contributed by atoms with E-state index in [1.54, 1.807) is 7.05 Å². The fourth-order valence-electron chi connectivity index (χ4n) is 2.12. The molecule has 1 unspecified atom stereocenters. The predicted octanol–water partition coefficient (Wildman–Crippen LogP) is 1.15. The maximum atomic E-state index is 12.0. The van der Waals surface area contributed by atoms with Gasteiger partial charge in [0.25, 0.3) is 0 Å². The number of nitriles is 1. The lowest BCUT2D eigenvalue weighted by Gasteiger charge is -2.46. The number of hydrazine groups is 2. The smallest absolute Gasteiger partial charge is 0.260 e. The molecule has 1 fully saturated rings. The van der Waals surface area contributed by atoms with Gasteiger partial charge in [-0.15, -0.1) is 0 Å². The highest BCUT2D eigenvalue weighted by Crippen LogP contribution is 2.21. The number of hydrogen-bond acceptors (Lipinski definition) is 4. The number of urea groups is 1. The molecule has 1 heterocycles. The first-order chi connectivity index (χ1) is 9.07. The van der Waals surface area contributed by atoms with Crippen LogP contribution < -0.4 is 10.9 Å². The molecule has 1 aliphatic heterocycles. The van der Waals surface area contributed by atoms with Gasteiger partial charge in [-0.25, -0.2) is 15.6 Å². The molecule has 0 spiro atoms. The summed E-state index contributed by atoms with van der Waals surface area (Å²) in [7, 11) is 1.67. The van der Waals surface area contributed by atoms with Gasteiger partial charge in [-0.05, 0) is 12.5 Å². The molecule has 6 heteroatoms. The summed E-state index contributed by atoms with van der Waals surface area (Å²) >= 11 is 0. The Hall–Kier alpha value is -2.10. The zero-order valence-corrected chi connectivity index (χ0v) is 11.1. The summed E-state index contributed by atoms with van der Waals surface area (Å²) in [5.74, 6) is 0.